The highest BCUT2D eigenvalue weighted by molar-refractivity contribution is 5.76. The largest absolute Gasteiger partial charge is 0.390 e. The molecule has 0 unspecified atom stereocenters. The number of hydrogen-bond acceptors (Lipinski definition) is 4. The second-order valence-electron chi connectivity index (χ2n) is 8.25. The summed E-state index contributed by atoms with van der Waals surface area (Å²) in [5.74, 6) is -0.813. The molecule has 1 aliphatic rings. The second kappa shape index (κ2) is 7.47. The summed E-state index contributed by atoms with van der Waals surface area (Å²) in [6.45, 7) is 7.18. The average Bonchev–Trinajstić information content (AvgIpc) is 2.56. The first kappa shape index (κ1) is 20.2. The van der Waals surface area contributed by atoms with Gasteiger partial charge in [0.25, 0.3) is 5.56 Å². The van der Waals surface area contributed by atoms with E-state index in [1.54, 1.807) is 19.1 Å². The molecule has 6 nitrogen and oxygen atoms in total. The van der Waals surface area contributed by atoms with E-state index < -0.39 is 17.0 Å². The fourth-order valence-electron chi connectivity index (χ4n) is 3.62. The maximum Gasteiger partial charge on any atom is 0.267 e. The van der Waals surface area contributed by atoms with E-state index in [1.807, 2.05) is 20.8 Å². The smallest absolute Gasteiger partial charge is 0.267 e. The highest BCUT2D eigenvalue weighted by Gasteiger charge is 2.39. The molecule has 2 N–H and O–H groups in total. The number of benzene rings is 1. The molecular formula is C21H26FN3O3. The third-order valence-corrected chi connectivity index (χ3v) is 5.02. The minimum atomic E-state index is -0.739. The van der Waals surface area contributed by atoms with Gasteiger partial charge in [0.1, 0.15) is 12.4 Å². The van der Waals surface area contributed by atoms with Gasteiger partial charge in [-0.2, -0.15) is 5.10 Å². The third-order valence-electron chi connectivity index (χ3n) is 5.02. The van der Waals surface area contributed by atoms with Gasteiger partial charge in [0.15, 0.2) is 0 Å². The van der Waals surface area contributed by atoms with Crippen LogP contribution in [0.2, 0.25) is 0 Å². The molecule has 2 aromatic rings. The van der Waals surface area contributed by atoms with E-state index in [-0.39, 0.29) is 24.4 Å². The molecule has 28 heavy (non-hydrogen) atoms. The molecule has 0 aliphatic heterocycles. The molecule has 1 heterocycles. The molecule has 3 rings (SSSR count). The highest BCUT2D eigenvalue weighted by atomic mass is 19.1. The Morgan fingerprint density at radius 1 is 1.36 bits per heavy atom. The number of nitrogens with one attached hydrogen (secondary N) is 1. The fourth-order valence-corrected chi connectivity index (χ4v) is 3.62. The quantitative estimate of drug-likeness (QED) is 0.826. The van der Waals surface area contributed by atoms with Crippen molar-refractivity contribution in [3.63, 3.8) is 0 Å². The summed E-state index contributed by atoms with van der Waals surface area (Å²) in [7, 11) is 0. The first-order valence-electron chi connectivity index (χ1n) is 9.46. The number of aromatic nitrogens is 2. The van der Waals surface area contributed by atoms with Crippen molar-refractivity contribution in [3.05, 3.63) is 51.7 Å². The molecule has 7 heteroatoms. The van der Waals surface area contributed by atoms with Crippen LogP contribution in [0.3, 0.4) is 0 Å². The van der Waals surface area contributed by atoms with E-state index in [0.717, 1.165) is 10.2 Å². The molecule has 0 bridgehead atoms. The topological polar surface area (TPSA) is 84.2 Å². The number of hydrogen-bond donors (Lipinski definition) is 2. The Morgan fingerprint density at radius 3 is 2.64 bits per heavy atom. The Balaban J connectivity index is 1.88. The first-order valence-corrected chi connectivity index (χ1v) is 9.46. The maximum absolute atomic E-state index is 14.4. The minimum absolute atomic E-state index is 0.0634. The van der Waals surface area contributed by atoms with Crippen molar-refractivity contribution in [2.45, 2.75) is 64.6 Å². The predicted molar refractivity (Wildman–Crippen MR) is 105 cm³/mol. The molecular weight excluding hydrogens is 361 g/mol. The Labute approximate surface area is 163 Å². The van der Waals surface area contributed by atoms with Gasteiger partial charge in [0, 0.05) is 23.2 Å². The zero-order chi connectivity index (χ0) is 20.6. The number of carbonyl (C=O) groups is 1. The molecule has 0 saturated heterocycles. The standard InChI is InChI=1S/C21H26FN3O3/c1-12(2)20-16(15-7-13(3)5-6-17(15)22)8-19(27)25(24-20)11-18(26)23-14-9-21(4,28)10-14/h5-8,12,14,28H,9-11H2,1-4H3,(H,23,26)/t14-,21-. The number of carbonyl (C=O) groups excluding carboxylic acids is 1. The summed E-state index contributed by atoms with van der Waals surface area (Å²) in [6, 6.07) is 5.99. The number of nitrogens with zero attached hydrogens (tertiary/aromatic N) is 2. The monoisotopic (exact) mass is 387 g/mol. The van der Waals surface area contributed by atoms with E-state index in [0.29, 0.717) is 29.7 Å². The molecule has 1 aromatic carbocycles. The van der Waals surface area contributed by atoms with Gasteiger partial charge in [0.2, 0.25) is 5.91 Å². The van der Waals surface area contributed by atoms with E-state index in [4.69, 9.17) is 0 Å². The van der Waals surface area contributed by atoms with Crippen molar-refractivity contribution >= 4 is 5.91 Å². The van der Waals surface area contributed by atoms with Crippen LogP contribution in [0.4, 0.5) is 4.39 Å². The highest BCUT2D eigenvalue weighted by Crippen LogP contribution is 2.31. The Kier molecular flexibility index (Phi) is 5.39. The normalized spacial score (nSPS) is 21.5. The molecule has 1 aromatic heterocycles. The molecule has 1 fully saturated rings. The summed E-state index contributed by atoms with van der Waals surface area (Å²) >= 11 is 0. The molecule has 1 saturated carbocycles. The van der Waals surface area contributed by atoms with Gasteiger partial charge in [-0.05, 0) is 44.7 Å². The number of aryl methyl sites for hydroxylation is 1. The van der Waals surface area contributed by atoms with Crippen LogP contribution in [0.15, 0.2) is 29.1 Å². The van der Waals surface area contributed by atoms with E-state index in [1.165, 1.54) is 12.1 Å². The molecule has 1 aliphatic carbocycles. The average molecular weight is 387 g/mol. The lowest BCUT2D eigenvalue weighted by Crippen LogP contribution is -2.54. The minimum Gasteiger partial charge on any atom is -0.390 e. The maximum atomic E-state index is 14.4. The summed E-state index contributed by atoms with van der Waals surface area (Å²) in [4.78, 5) is 24.8. The molecule has 0 spiro atoms. The van der Waals surface area contributed by atoms with Crippen LogP contribution in [0.5, 0.6) is 0 Å². The molecule has 1 amide bonds. The zero-order valence-electron chi connectivity index (χ0n) is 16.6. The number of rotatable bonds is 5. The van der Waals surface area contributed by atoms with Crippen molar-refractivity contribution in [3.8, 4) is 11.1 Å². The Bertz CT molecular complexity index is 958. The van der Waals surface area contributed by atoms with Crippen LogP contribution < -0.4 is 10.9 Å². The van der Waals surface area contributed by atoms with E-state index >= 15 is 0 Å². The third kappa shape index (κ3) is 4.30. The molecule has 0 atom stereocenters. The number of halogens is 1. The van der Waals surface area contributed by atoms with Gasteiger partial charge in [0.05, 0.1) is 11.3 Å². The summed E-state index contributed by atoms with van der Waals surface area (Å²) in [5, 5.41) is 16.9. The van der Waals surface area contributed by atoms with Crippen LogP contribution in [-0.4, -0.2) is 32.4 Å². The summed E-state index contributed by atoms with van der Waals surface area (Å²) in [6.07, 6.45) is 0.980. The predicted octanol–water partition coefficient (Wildman–Crippen LogP) is 2.51. The van der Waals surface area contributed by atoms with Crippen molar-refractivity contribution in [1.29, 1.82) is 0 Å². The summed E-state index contributed by atoms with van der Waals surface area (Å²) in [5.41, 5.74) is 1.03. The van der Waals surface area contributed by atoms with E-state index in [2.05, 4.69) is 10.4 Å². The van der Waals surface area contributed by atoms with Gasteiger partial charge in [-0.25, -0.2) is 9.07 Å². The lowest BCUT2D eigenvalue weighted by Gasteiger charge is -2.41. The van der Waals surface area contributed by atoms with Crippen LogP contribution in [0, 0.1) is 12.7 Å². The van der Waals surface area contributed by atoms with Gasteiger partial charge < -0.3 is 10.4 Å². The van der Waals surface area contributed by atoms with Gasteiger partial charge >= 0.3 is 0 Å². The van der Waals surface area contributed by atoms with Crippen molar-refractivity contribution in [2.24, 2.45) is 0 Å². The van der Waals surface area contributed by atoms with Crippen molar-refractivity contribution < 1.29 is 14.3 Å². The first-order chi connectivity index (χ1) is 13.1. The Morgan fingerprint density at radius 2 is 2.04 bits per heavy atom. The van der Waals surface area contributed by atoms with E-state index in [9.17, 15) is 19.1 Å². The SMILES string of the molecule is Cc1ccc(F)c(-c2cc(=O)n(CC(=O)N[C@H]3C[C@](C)(O)C3)nc2C(C)C)c1. The molecule has 150 valence electrons. The Hall–Kier alpha value is -2.54. The van der Waals surface area contributed by atoms with Crippen LogP contribution in [0.25, 0.3) is 11.1 Å². The number of aliphatic hydroxyl groups is 1. The van der Waals surface area contributed by atoms with Crippen LogP contribution in [-0.2, 0) is 11.3 Å². The van der Waals surface area contributed by atoms with Gasteiger partial charge in [-0.3, -0.25) is 9.59 Å². The lowest BCUT2D eigenvalue weighted by molar-refractivity contribution is -0.125. The lowest BCUT2D eigenvalue weighted by atomic mass is 9.77. The van der Waals surface area contributed by atoms with Crippen molar-refractivity contribution in [1.82, 2.24) is 15.1 Å². The van der Waals surface area contributed by atoms with Gasteiger partial charge in [-0.15, -0.1) is 0 Å². The molecule has 0 radical (unpaired) electrons. The van der Waals surface area contributed by atoms with Crippen LogP contribution in [0.1, 0.15) is 50.8 Å². The van der Waals surface area contributed by atoms with Gasteiger partial charge in [-0.1, -0.05) is 25.5 Å². The fraction of sp³-hybridized carbons (Fsp3) is 0.476. The second-order valence-corrected chi connectivity index (χ2v) is 8.25. The zero-order valence-corrected chi connectivity index (χ0v) is 16.6. The number of amides is 1. The van der Waals surface area contributed by atoms with Crippen molar-refractivity contribution in [2.75, 3.05) is 0 Å². The van der Waals surface area contributed by atoms with Crippen LogP contribution >= 0.6 is 0 Å². The summed E-state index contributed by atoms with van der Waals surface area (Å²) < 4.78 is 15.5.